The molecule has 7 nitrogen and oxygen atoms in total. The molecule has 1 aromatic carbocycles. The molecule has 0 saturated heterocycles. The Bertz CT molecular complexity index is 879. The molecular weight excluding hydrogens is 366 g/mol. The van der Waals surface area contributed by atoms with Gasteiger partial charge >= 0.3 is 5.97 Å². The van der Waals surface area contributed by atoms with E-state index in [2.05, 4.69) is 10.3 Å². The van der Waals surface area contributed by atoms with Gasteiger partial charge in [-0.25, -0.2) is 9.78 Å². The number of methoxy groups -OCH3 is 1. The van der Waals surface area contributed by atoms with Crippen molar-refractivity contribution in [2.45, 2.75) is 44.9 Å². The Kier molecular flexibility index (Phi) is 7.41. The van der Waals surface area contributed by atoms with Crippen LogP contribution in [0.5, 0.6) is 0 Å². The summed E-state index contributed by atoms with van der Waals surface area (Å²) in [6.07, 6.45) is 0.497. The second-order valence-electron chi connectivity index (χ2n) is 6.52. The molecule has 27 heavy (non-hydrogen) atoms. The molecule has 8 heteroatoms. The maximum Gasteiger partial charge on any atom is 0.328 e. The predicted octanol–water partition coefficient (Wildman–Crippen LogP) is 2.21. The van der Waals surface area contributed by atoms with Crippen molar-refractivity contribution in [2.24, 2.45) is 5.92 Å². The molecule has 2 aromatic rings. The summed E-state index contributed by atoms with van der Waals surface area (Å²) >= 11 is 1.18. The number of nitrogens with zero attached hydrogens (tertiary/aromatic N) is 2. The van der Waals surface area contributed by atoms with E-state index in [1.54, 1.807) is 22.8 Å². The minimum absolute atomic E-state index is 0.0520. The van der Waals surface area contributed by atoms with Crippen LogP contribution in [0.3, 0.4) is 0 Å². The summed E-state index contributed by atoms with van der Waals surface area (Å²) < 4.78 is 6.31. The fourth-order valence-corrected chi connectivity index (χ4v) is 3.60. The van der Waals surface area contributed by atoms with E-state index in [-0.39, 0.29) is 23.1 Å². The van der Waals surface area contributed by atoms with E-state index >= 15 is 0 Å². The summed E-state index contributed by atoms with van der Waals surface area (Å²) in [6, 6.07) is 6.45. The number of carbonyl (C=O) groups is 2. The van der Waals surface area contributed by atoms with Crippen molar-refractivity contribution in [3.05, 3.63) is 34.6 Å². The van der Waals surface area contributed by atoms with E-state index in [0.717, 1.165) is 0 Å². The van der Waals surface area contributed by atoms with Crippen LogP contribution in [0, 0.1) is 5.92 Å². The minimum atomic E-state index is -0.680. The summed E-state index contributed by atoms with van der Waals surface area (Å²) in [5, 5.41) is 3.74. The number of fused-ring (bicyclic) bond motifs is 1. The number of nitrogens with one attached hydrogen (secondary N) is 1. The van der Waals surface area contributed by atoms with Crippen molar-refractivity contribution in [3.8, 4) is 0 Å². The zero-order chi connectivity index (χ0) is 20.0. The Balaban J connectivity index is 2.14. The number of rotatable bonds is 8. The molecule has 1 amide bonds. The predicted molar refractivity (Wildman–Crippen MR) is 106 cm³/mol. The second kappa shape index (κ2) is 9.55. The molecule has 0 spiro atoms. The van der Waals surface area contributed by atoms with Crippen LogP contribution in [0.25, 0.3) is 10.9 Å². The molecule has 0 unspecified atom stereocenters. The van der Waals surface area contributed by atoms with Crippen LogP contribution in [0.2, 0.25) is 0 Å². The summed E-state index contributed by atoms with van der Waals surface area (Å²) in [6.45, 7) is 6.25. The molecule has 0 saturated carbocycles. The third-order valence-corrected chi connectivity index (χ3v) is 4.98. The molecule has 146 valence electrons. The van der Waals surface area contributed by atoms with Crippen molar-refractivity contribution in [1.29, 1.82) is 0 Å². The van der Waals surface area contributed by atoms with E-state index in [9.17, 15) is 14.4 Å². The number of para-hydroxylation sites is 1. The van der Waals surface area contributed by atoms with Crippen molar-refractivity contribution in [2.75, 3.05) is 12.9 Å². The van der Waals surface area contributed by atoms with E-state index < -0.39 is 12.0 Å². The van der Waals surface area contributed by atoms with Crippen LogP contribution in [0.15, 0.2) is 34.2 Å². The molecule has 0 aliphatic heterocycles. The highest BCUT2D eigenvalue weighted by Crippen LogP contribution is 2.18. The molecular formula is C19H25N3O4S. The zero-order valence-corrected chi connectivity index (χ0v) is 16.8. The van der Waals surface area contributed by atoms with Gasteiger partial charge in [-0.3, -0.25) is 14.2 Å². The quantitative estimate of drug-likeness (QED) is 0.422. The van der Waals surface area contributed by atoms with Crippen molar-refractivity contribution < 1.29 is 14.3 Å². The lowest BCUT2D eigenvalue weighted by molar-refractivity contribution is -0.145. The van der Waals surface area contributed by atoms with Crippen LogP contribution < -0.4 is 10.9 Å². The summed E-state index contributed by atoms with van der Waals surface area (Å²) in [5.74, 6) is -0.483. The molecule has 0 bridgehead atoms. The fraction of sp³-hybridized carbons (Fsp3) is 0.474. The number of thioether (sulfide) groups is 1. The number of hydrogen-bond acceptors (Lipinski definition) is 6. The van der Waals surface area contributed by atoms with Crippen molar-refractivity contribution >= 4 is 34.5 Å². The van der Waals surface area contributed by atoms with Gasteiger partial charge in [0.05, 0.1) is 23.8 Å². The van der Waals surface area contributed by atoms with Gasteiger partial charge < -0.3 is 10.1 Å². The Labute approximate surface area is 162 Å². The van der Waals surface area contributed by atoms with Gasteiger partial charge in [0.2, 0.25) is 5.91 Å². The highest BCUT2D eigenvalue weighted by molar-refractivity contribution is 7.99. The van der Waals surface area contributed by atoms with E-state index in [0.29, 0.717) is 29.0 Å². The number of aromatic nitrogens is 2. The highest BCUT2D eigenvalue weighted by atomic mass is 32.2. The maximum atomic E-state index is 12.6. The standard InChI is InChI=1S/C19H25N3O4S/c1-5-22-17(24)13-8-6-7-9-14(13)21-19(22)27-11-16(23)20-15(10-12(2)3)18(25)26-4/h6-9,12,15H,5,10-11H2,1-4H3,(H,20,23)/t15-/m0/s1. The Morgan fingerprint density at radius 3 is 2.63 bits per heavy atom. The number of carbonyl (C=O) groups excluding carboxylic acids is 2. The van der Waals surface area contributed by atoms with Crippen molar-refractivity contribution in [3.63, 3.8) is 0 Å². The summed E-state index contributed by atoms with van der Waals surface area (Å²) in [7, 11) is 1.30. The number of hydrogen-bond donors (Lipinski definition) is 1. The van der Waals surface area contributed by atoms with Gasteiger partial charge in [0, 0.05) is 6.54 Å². The molecule has 0 aliphatic carbocycles. The molecule has 0 radical (unpaired) electrons. The second-order valence-corrected chi connectivity index (χ2v) is 7.46. The summed E-state index contributed by atoms with van der Waals surface area (Å²) in [4.78, 5) is 41.3. The topological polar surface area (TPSA) is 90.3 Å². The Morgan fingerprint density at radius 1 is 1.30 bits per heavy atom. The van der Waals surface area contributed by atoms with Crippen LogP contribution in [-0.2, 0) is 20.9 Å². The number of benzene rings is 1. The normalized spacial score (nSPS) is 12.2. The van der Waals surface area contributed by atoms with E-state index in [1.165, 1.54) is 18.9 Å². The van der Waals surface area contributed by atoms with Crippen LogP contribution in [-0.4, -0.2) is 40.3 Å². The van der Waals surface area contributed by atoms with Crippen molar-refractivity contribution in [1.82, 2.24) is 14.9 Å². The molecule has 1 heterocycles. The maximum absolute atomic E-state index is 12.6. The van der Waals surface area contributed by atoms with Crippen LogP contribution in [0.1, 0.15) is 27.2 Å². The van der Waals surface area contributed by atoms with Gasteiger partial charge in [0.25, 0.3) is 5.56 Å². The highest BCUT2D eigenvalue weighted by Gasteiger charge is 2.23. The average Bonchev–Trinajstić information content (AvgIpc) is 2.65. The molecule has 0 fully saturated rings. The first-order valence-electron chi connectivity index (χ1n) is 8.86. The van der Waals surface area contributed by atoms with Gasteiger partial charge in [-0.05, 0) is 31.4 Å². The SMILES string of the molecule is CCn1c(SCC(=O)N[C@@H](CC(C)C)C(=O)OC)nc2ccccc2c1=O. The largest absolute Gasteiger partial charge is 0.467 e. The van der Waals surface area contributed by atoms with Gasteiger partial charge in [-0.1, -0.05) is 37.7 Å². The Morgan fingerprint density at radius 2 is 2.00 bits per heavy atom. The third kappa shape index (κ3) is 5.32. The lowest BCUT2D eigenvalue weighted by Crippen LogP contribution is -2.43. The fourth-order valence-electron chi connectivity index (χ4n) is 2.73. The van der Waals surface area contributed by atoms with E-state index in [4.69, 9.17) is 4.74 Å². The average molecular weight is 391 g/mol. The first-order chi connectivity index (χ1) is 12.9. The first kappa shape index (κ1) is 21.0. The zero-order valence-electron chi connectivity index (χ0n) is 16.0. The molecule has 0 aliphatic rings. The molecule has 1 aromatic heterocycles. The lowest BCUT2D eigenvalue weighted by Gasteiger charge is -2.18. The monoisotopic (exact) mass is 391 g/mol. The van der Waals surface area contributed by atoms with Gasteiger partial charge in [-0.2, -0.15) is 0 Å². The van der Waals surface area contributed by atoms with Crippen LogP contribution in [0.4, 0.5) is 0 Å². The minimum Gasteiger partial charge on any atom is -0.467 e. The number of esters is 1. The third-order valence-electron chi connectivity index (χ3n) is 4.00. The van der Waals surface area contributed by atoms with Crippen LogP contribution >= 0.6 is 11.8 Å². The number of amides is 1. The molecule has 1 atom stereocenters. The van der Waals surface area contributed by atoms with Gasteiger partial charge in [0.1, 0.15) is 6.04 Å². The number of ether oxygens (including phenoxy) is 1. The van der Waals surface area contributed by atoms with Gasteiger partial charge in [0.15, 0.2) is 5.16 Å². The molecule has 2 rings (SSSR count). The Hall–Kier alpha value is -2.35. The smallest absolute Gasteiger partial charge is 0.328 e. The first-order valence-corrected chi connectivity index (χ1v) is 9.85. The lowest BCUT2D eigenvalue weighted by atomic mass is 10.0. The van der Waals surface area contributed by atoms with Gasteiger partial charge in [-0.15, -0.1) is 0 Å². The van der Waals surface area contributed by atoms with E-state index in [1.807, 2.05) is 26.8 Å². The summed E-state index contributed by atoms with van der Waals surface area (Å²) in [5.41, 5.74) is 0.473. The molecule has 1 N–H and O–H groups in total.